The van der Waals surface area contributed by atoms with E-state index >= 15 is 0 Å². The predicted octanol–water partition coefficient (Wildman–Crippen LogP) is 2.99. The van der Waals surface area contributed by atoms with E-state index in [1.54, 1.807) is 0 Å². The number of benzene rings is 1. The highest BCUT2D eigenvalue weighted by Crippen LogP contribution is 2.29. The normalized spacial score (nSPS) is 19.1. The maximum Gasteiger partial charge on any atom is 0.0950 e. The molecule has 112 valence electrons. The van der Waals surface area contributed by atoms with Gasteiger partial charge in [-0.15, -0.1) is 0 Å². The van der Waals surface area contributed by atoms with Gasteiger partial charge in [0.2, 0.25) is 0 Å². The molecule has 4 heteroatoms. The molecule has 1 unspecified atom stereocenters. The molecule has 1 aliphatic rings. The third-order valence-electron chi connectivity index (χ3n) is 4.27. The Labute approximate surface area is 126 Å². The topological polar surface area (TPSA) is 41.0 Å². The summed E-state index contributed by atoms with van der Waals surface area (Å²) in [4.78, 5) is 2.53. The minimum Gasteiger partial charge on any atom is -0.365 e. The summed E-state index contributed by atoms with van der Waals surface area (Å²) in [5, 5.41) is 13.2. The van der Waals surface area contributed by atoms with Crippen LogP contribution in [-0.4, -0.2) is 35.9 Å². The minimum atomic E-state index is 0.568. The number of hydrogen-bond acceptors (Lipinski definition) is 4. The molecule has 4 nitrogen and oxygen atoms in total. The molecule has 0 aliphatic carbocycles. The number of rotatable bonds is 5. The summed E-state index contributed by atoms with van der Waals surface area (Å²) in [6.07, 6.45) is 6.96. The zero-order valence-corrected chi connectivity index (χ0v) is 12.8. The molecule has 21 heavy (non-hydrogen) atoms. The van der Waals surface area contributed by atoms with E-state index in [1.165, 1.54) is 36.8 Å². The Kier molecular flexibility index (Phi) is 4.65. The Balaban J connectivity index is 1.87. The first kappa shape index (κ1) is 14.3. The molecule has 0 amide bonds. The van der Waals surface area contributed by atoms with Gasteiger partial charge in [-0.2, -0.15) is 10.2 Å². The number of nitrogens with zero attached hydrogens (tertiary/aromatic N) is 3. The van der Waals surface area contributed by atoms with Crippen LogP contribution >= 0.6 is 0 Å². The summed E-state index contributed by atoms with van der Waals surface area (Å²) in [5.41, 5.74) is 2.23. The molecule has 0 saturated carbocycles. The third-order valence-corrected chi connectivity index (χ3v) is 4.27. The summed E-state index contributed by atoms with van der Waals surface area (Å²) in [7, 11) is 0. The second kappa shape index (κ2) is 6.85. The van der Waals surface area contributed by atoms with Crippen molar-refractivity contribution in [3.8, 4) is 0 Å². The number of fused-ring (bicyclic) bond motifs is 1. The first-order valence-corrected chi connectivity index (χ1v) is 8.08. The van der Waals surface area contributed by atoms with Crippen LogP contribution in [0.4, 0.5) is 5.69 Å². The third kappa shape index (κ3) is 3.16. The van der Waals surface area contributed by atoms with Crippen LogP contribution in [0.25, 0.3) is 10.9 Å². The summed E-state index contributed by atoms with van der Waals surface area (Å²) in [5.74, 6) is 0. The van der Waals surface area contributed by atoms with E-state index in [9.17, 15) is 0 Å². The lowest BCUT2D eigenvalue weighted by Crippen LogP contribution is -2.46. The molecule has 1 fully saturated rings. The Morgan fingerprint density at radius 1 is 1.29 bits per heavy atom. The lowest BCUT2D eigenvalue weighted by atomic mass is 10.0. The molecule has 2 heterocycles. The van der Waals surface area contributed by atoms with Crippen molar-refractivity contribution < 1.29 is 0 Å². The van der Waals surface area contributed by atoms with Gasteiger partial charge in [-0.1, -0.05) is 25.1 Å². The van der Waals surface area contributed by atoms with Crippen molar-refractivity contribution in [3.05, 3.63) is 30.5 Å². The lowest BCUT2D eigenvalue weighted by Gasteiger charge is -2.38. The second-order valence-corrected chi connectivity index (χ2v) is 5.79. The van der Waals surface area contributed by atoms with E-state index in [4.69, 9.17) is 0 Å². The van der Waals surface area contributed by atoms with Gasteiger partial charge in [0.25, 0.3) is 0 Å². The van der Waals surface area contributed by atoms with Crippen LogP contribution in [0.5, 0.6) is 0 Å². The average Bonchev–Trinajstić information content (AvgIpc) is 2.55. The van der Waals surface area contributed by atoms with Crippen molar-refractivity contribution in [2.24, 2.45) is 0 Å². The first-order valence-electron chi connectivity index (χ1n) is 8.08. The number of anilines is 1. The van der Waals surface area contributed by atoms with Gasteiger partial charge in [0, 0.05) is 24.5 Å². The highest BCUT2D eigenvalue weighted by molar-refractivity contribution is 5.90. The van der Waals surface area contributed by atoms with Crippen LogP contribution < -0.4 is 10.2 Å². The summed E-state index contributed by atoms with van der Waals surface area (Å²) in [6.45, 7) is 5.49. The SMILES string of the molecule is CCCNCC1CCCCN1c1cnnc2ccccc12. The molecule has 3 rings (SSSR count). The standard InChI is InChI=1S/C17H24N4/c1-2-10-18-12-14-7-5-6-11-21(14)17-13-19-20-16-9-4-3-8-15(16)17/h3-4,8-9,13-14,18H,2,5-7,10-12H2,1H3. The highest BCUT2D eigenvalue weighted by atomic mass is 15.2. The molecule has 1 saturated heterocycles. The molecule has 1 aliphatic heterocycles. The van der Waals surface area contributed by atoms with E-state index in [0.717, 1.165) is 25.2 Å². The van der Waals surface area contributed by atoms with Gasteiger partial charge in [-0.05, 0) is 38.3 Å². The highest BCUT2D eigenvalue weighted by Gasteiger charge is 2.23. The molecular weight excluding hydrogens is 260 g/mol. The molecule has 2 aromatic rings. The Hall–Kier alpha value is -1.68. The Bertz CT molecular complexity index is 579. The van der Waals surface area contributed by atoms with Crippen LogP contribution in [0, 0.1) is 0 Å². The van der Waals surface area contributed by atoms with Gasteiger partial charge in [0.15, 0.2) is 0 Å². The molecule has 1 N–H and O–H groups in total. The Morgan fingerprint density at radius 3 is 3.10 bits per heavy atom. The molecule has 0 bridgehead atoms. The number of hydrogen-bond donors (Lipinski definition) is 1. The molecular formula is C17H24N4. The van der Waals surface area contributed by atoms with Gasteiger partial charge in [0.1, 0.15) is 0 Å². The predicted molar refractivity (Wildman–Crippen MR) is 87.7 cm³/mol. The van der Waals surface area contributed by atoms with Gasteiger partial charge >= 0.3 is 0 Å². The van der Waals surface area contributed by atoms with Crippen molar-refractivity contribution in [2.45, 2.75) is 38.6 Å². The molecule has 1 atom stereocenters. The van der Waals surface area contributed by atoms with E-state index in [2.05, 4.69) is 39.5 Å². The van der Waals surface area contributed by atoms with Gasteiger partial charge in [-0.25, -0.2) is 0 Å². The quantitative estimate of drug-likeness (QED) is 0.857. The monoisotopic (exact) mass is 284 g/mol. The molecule has 1 aromatic heterocycles. The smallest absolute Gasteiger partial charge is 0.0950 e. The van der Waals surface area contributed by atoms with Crippen molar-refractivity contribution in [2.75, 3.05) is 24.5 Å². The van der Waals surface area contributed by atoms with Crippen molar-refractivity contribution in [1.82, 2.24) is 15.5 Å². The number of aromatic nitrogens is 2. The van der Waals surface area contributed by atoms with Crippen molar-refractivity contribution in [1.29, 1.82) is 0 Å². The van der Waals surface area contributed by atoms with Gasteiger partial charge in [0.05, 0.1) is 17.4 Å². The van der Waals surface area contributed by atoms with Crippen LogP contribution in [0.3, 0.4) is 0 Å². The van der Waals surface area contributed by atoms with Crippen molar-refractivity contribution >= 4 is 16.6 Å². The zero-order valence-electron chi connectivity index (χ0n) is 12.8. The summed E-state index contributed by atoms with van der Waals surface area (Å²) < 4.78 is 0. The van der Waals surface area contributed by atoms with Crippen LogP contribution in [0.1, 0.15) is 32.6 Å². The average molecular weight is 284 g/mol. The van der Waals surface area contributed by atoms with Crippen molar-refractivity contribution in [3.63, 3.8) is 0 Å². The number of piperidine rings is 1. The fourth-order valence-electron chi connectivity index (χ4n) is 3.20. The largest absolute Gasteiger partial charge is 0.365 e. The van der Waals surface area contributed by atoms with Crippen LogP contribution in [0.2, 0.25) is 0 Å². The number of nitrogens with one attached hydrogen (secondary N) is 1. The van der Waals surface area contributed by atoms with Gasteiger partial charge < -0.3 is 10.2 Å². The van der Waals surface area contributed by atoms with E-state index < -0.39 is 0 Å². The van der Waals surface area contributed by atoms with Gasteiger partial charge in [-0.3, -0.25) is 0 Å². The molecule has 0 radical (unpaired) electrons. The summed E-state index contributed by atoms with van der Waals surface area (Å²) >= 11 is 0. The zero-order chi connectivity index (χ0) is 14.5. The maximum atomic E-state index is 4.24. The second-order valence-electron chi connectivity index (χ2n) is 5.79. The minimum absolute atomic E-state index is 0.568. The fraction of sp³-hybridized carbons (Fsp3) is 0.529. The first-order chi connectivity index (χ1) is 10.4. The molecule has 1 aromatic carbocycles. The van der Waals surface area contributed by atoms with E-state index in [-0.39, 0.29) is 0 Å². The lowest BCUT2D eigenvalue weighted by molar-refractivity contribution is 0.436. The van der Waals surface area contributed by atoms with E-state index in [1.807, 2.05) is 18.3 Å². The maximum absolute atomic E-state index is 4.24. The van der Waals surface area contributed by atoms with Crippen LogP contribution in [-0.2, 0) is 0 Å². The summed E-state index contributed by atoms with van der Waals surface area (Å²) in [6, 6.07) is 8.88. The van der Waals surface area contributed by atoms with Crippen LogP contribution in [0.15, 0.2) is 30.5 Å². The van der Waals surface area contributed by atoms with E-state index in [0.29, 0.717) is 6.04 Å². The fourth-order valence-corrected chi connectivity index (χ4v) is 3.20. The molecule has 0 spiro atoms. The Morgan fingerprint density at radius 2 is 2.19 bits per heavy atom.